The molecule has 1 fully saturated rings. The number of nitrogens with zero attached hydrogens (tertiary/aromatic N) is 3. The highest BCUT2D eigenvalue weighted by molar-refractivity contribution is 4.84. The van der Waals surface area contributed by atoms with E-state index in [1.54, 1.807) is 0 Å². The van der Waals surface area contributed by atoms with Crippen LogP contribution in [0.15, 0.2) is 4.52 Å². The van der Waals surface area contributed by atoms with E-state index >= 15 is 0 Å². The summed E-state index contributed by atoms with van der Waals surface area (Å²) in [6.07, 6.45) is 2.42. The predicted octanol–water partition coefficient (Wildman–Crippen LogP) is 1.59. The van der Waals surface area contributed by atoms with Crippen molar-refractivity contribution < 1.29 is 4.52 Å². The zero-order valence-corrected chi connectivity index (χ0v) is 11.6. The molecule has 0 amide bonds. The van der Waals surface area contributed by atoms with Crippen LogP contribution in [0.25, 0.3) is 0 Å². The number of nitrogens with one attached hydrogen (secondary N) is 1. The summed E-state index contributed by atoms with van der Waals surface area (Å²) in [5.74, 6) is 2.16. The lowest BCUT2D eigenvalue weighted by Crippen LogP contribution is -2.43. The first-order valence-corrected chi connectivity index (χ1v) is 6.88. The van der Waals surface area contributed by atoms with E-state index in [0.717, 1.165) is 5.92 Å². The zero-order valence-electron chi connectivity index (χ0n) is 11.6. The molecule has 1 N–H and O–H groups in total. The number of aryl methyl sites for hydroxylation is 1. The molecule has 5 nitrogen and oxygen atoms in total. The normalized spacial score (nSPS) is 18.7. The second-order valence-corrected chi connectivity index (χ2v) is 5.58. The Morgan fingerprint density at radius 2 is 2.11 bits per heavy atom. The first-order chi connectivity index (χ1) is 8.63. The third kappa shape index (κ3) is 4.07. The fraction of sp³-hybridized carbons (Fsp3) is 0.846. The van der Waals surface area contributed by atoms with Crippen molar-refractivity contribution >= 4 is 0 Å². The summed E-state index contributed by atoms with van der Waals surface area (Å²) in [6, 6.07) is 0.584. The van der Waals surface area contributed by atoms with E-state index in [-0.39, 0.29) is 0 Å². The number of hydrogen-bond acceptors (Lipinski definition) is 5. The average molecular weight is 252 g/mol. The summed E-state index contributed by atoms with van der Waals surface area (Å²) in [5, 5.41) is 7.29. The van der Waals surface area contributed by atoms with E-state index in [1.165, 1.54) is 32.5 Å². The minimum absolute atomic E-state index is 0.584. The molecular weight excluding hydrogens is 228 g/mol. The van der Waals surface area contributed by atoms with Crippen molar-refractivity contribution in [3.05, 3.63) is 11.7 Å². The van der Waals surface area contributed by atoms with Gasteiger partial charge in [0.05, 0.1) is 6.54 Å². The van der Waals surface area contributed by atoms with Crippen LogP contribution in [0.5, 0.6) is 0 Å². The van der Waals surface area contributed by atoms with E-state index in [2.05, 4.69) is 34.2 Å². The van der Waals surface area contributed by atoms with Crippen molar-refractivity contribution in [2.75, 3.05) is 19.6 Å². The number of hydrogen-bond donors (Lipinski definition) is 1. The van der Waals surface area contributed by atoms with Crippen LogP contribution in [-0.2, 0) is 6.54 Å². The Kier molecular flexibility index (Phi) is 4.72. The lowest BCUT2D eigenvalue weighted by molar-refractivity contribution is 0.177. The molecule has 2 heterocycles. The smallest absolute Gasteiger partial charge is 0.240 e. The van der Waals surface area contributed by atoms with E-state index in [1.807, 2.05) is 6.92 Å². The molecule has 0 saturated carbocycles. The molecule has 0 unspecified atom stereocenters. The molecule has 0 aromatic carbocycles. The Morgan fingerprint density at radius 3 is 2.67 bits per heavy atom. The van der Waals surface area contributed by atoms with Crippen LogP contribution in [0.3, 0.4) is 0 Å². The van der Waals surface area contributed by atoms with Gasteiger partial charge >= 0.3 is 0 Å². The van der Waals surface area contributed by atoms with Crippen molar-refractivity contribution in [1.82, 2.24) is 20.4 Å². The van der Waals surface area contributed by atoms with Gasteiger partial charge in [-0.15, -0.1) is 0 Å². The van der Waals surface area contributed by atoms with Gasteiger partial charge in [0.2, 0.25) is 5.89 Å². The van der Waals surface area contributed by atoms with Crippen LogP contribution in [0.2, 0.25) is 0 Å². The van der Waals surface area contributed by atoms with Crippen molar-refractivity contribution in [1.29, 1.82) is 0 Å². The molecule has 1 aromatic rings. The molecule has 18 heavy (non-hydrogen) atoms. The first-order valence-electron chi connectivity index (χ1n) is 6.88. The van der Waals surface area contributed by atoms with Gasteiger partial charge in [0.15, 0.2) is 5.82 Å². The van der Waals surface area contributed by atoms with Gasteiger partial charge in [-0.25, -0.2) is 0 Å². The maximum Gasteiger partial charge on any atom is 0.240 e. The van der Waals surface area contributed by atoms with E-state index in [0.29, 0.717) is 24.3 Å². The van der Waals surface area contributed by atoms with Gasteiger partial charge in [-0.2, -0.15) is 4.98 Å². The molecule has 5 heteroatoms. The SMILES string of the molecule is Cc1noc(CNC2CCN(CC(C)C)CC2)n1. The number of aromatic nitrogens is 2. The third-order valence-electron chi connectivity index (χ3n) is 3.32. The Bertz CT molecular complexity index is 356. The van der Waals surface area contributed by atoms with Crippen LogP contribution in [0, 0.1) is 12.8 Å². The summed E-state index contributed by atoms with van der Waals surface area (Å²) in [5.41, 5.74) is 0. The van der Waals surface area contributed by atoms with Gasteiger partial charge in [-0.1, -0.05) is 19.0 Å². The fourth-order valence-corrected chi connectivity index (χ4v) is 2.48. The van der Waals surface area contributed by atoms with Gasteiger partial charge < -0.3 is 14.7 Å². The maximum absolute atomic E-state index is 5.10. The highest BCUT2D eigenvalue weighted by Crippen LogP contribution is 2.12. The van der Waals surface area contributed by atoms with Crippen molar-refractivity contribution in [3.8, 4) is 0 Å². The van der Waals surface area contributed by atoms with E-state index in [9.17, 15) is 0 Å². The molecule has 102 valence electrons. The average Bonchev–Trinajstić information content (AvgIpc) is 2.74. The molecule has 1 aromatic heterocycles. The molecule has 1 aliphatic heterocycles. The van der Waals surface area contributed by atoms with Gasteiger partial charge in [0.1, 0.15) is 0 Å². The van der Waals surface area contributed by atoms with Gasteiger partial charge in [-0.05, 0) is 38.8 Å². The van der Waals surface area contributed by atoms with Gasteiger partial charge in [-0.3, -0.25) is 0 Å². The van der Waals surface area contributed by atoms with Crippen molar-refractivity contribution in [2.45, 2.75) is 46.2 Å². The van der Waals surface area contributed by atoms with Crippen molar-refractivity contribution in [2.24, 2.45) is 5.92 Å². The summed E-state index contributed by atoms with van der Waals surface area (Å²) in [7, 11) is 0. The summed E-state index contributed by atoms with van der Waals surface area (Å²) in [4.78, 5) is 6.75. The van der Waals surface area contributed by atoms with Crippen LogP contribution >= 0.6 is 0 Å². The van der Waals surface area contributed by atoms with Crippen LogP contribution in [-0.4, -0.2) is 40.7 Å². The molecule has 2 rings (SSSR count). The fourth-order valence-electron chi connectivity index (χ4n) is 2.48. The van der Waals surface area contributed by atoms with Crippen molar-refractivity contribution in [3.63, 3.8) is 0 Å². The second kappa shape index (κ2) is 6.29. The topological polar surface area (TPSA) is 54.2 Å². The molecule has 0 radical (unpaired) electrons. The molecular formula is C13H24N4O. The maximum atomic E-state index is 5.10. The standard InChI is InChI=1S/C13H24N4O/c1-10(2)9-17-6-4-12(5-7-17)14-8-13-15-11(3)16-18-13/h10,12,14H,4-9H2,1-3H3. The molecule has 0 bridgehead atoms. The minimum Gasteiger partial charge on any atom is -0.338 e. The number of rotatable bonds is 5. The zero-order chi connectivity index (χ0) is 13.0. The highest BCUT2D eigenvalue weighted by atomic mass is 16.5. The van der Waals surface area contributed by atoms with Gasteiger partial charge in [0.25, 0.3) is 0 Å². The minimum atomic E-state index is 0.584. The summed E-state index contributed by atoms with van der Waals surface area (Å²) < 4.78 is 5.10. The predicted molar refractivity (Wildman–Crippen MR) is 70.2 cm³/mol. The van der Waals surface area contributed by atoms with Crippen LogP contribution < -0.4 is 5.32 Å². The second-order valence-electron chi connectivity index (χ2n) is 5.58. The lowest BCUT2D eigenvalue weighted by atomic mass is 10.0. The molecule has 0 atom stereocenters. The quantitative estimate of drug-likeness (QED) is 0.862. The Labute approximate surface area is 109 Å². The largest absolute Gasteiger partial charge is 0.338 e. The van der Waals surface area contributed by atoms with Crippen LogP contribution in [0.1, 0.15) is 38.4 Å². The first kappa shape index (κ1) is 13.5. The van der Waals surface area contributed by atoms with Gasteiger partial charge in [0, 0.05) is 12.6 Å². The lowest BCUT2D eigenvalue weighted by Gasteiger charge is -2.33. The Hall–Kier alpha value is -0.940. The Balaban J connectivity index is 1.67. The monoisotopic (exact) mass is 252 g/mol. The molecule has 1 saturated heterocycles. The number of likely N-dealkylation sites (tertiary alicyclic amines) is 1. The molecule has 0 spiro atoms. The molecule has 1 aliphatic rings. The van der Waals surface area contributed by atoms with Crippen LogP contribution in [0.4, 0.5) is 0 Å². The molecule has 0 aliphatic carbocycles. The van der Waals surface area contributed by atoms with E-state index < -0.39 is 0 Å². The summed E-state index contributed by atoms with van der Waals surface area (Å²) in [6.45, 7) is 10.7. The van der Waals surface area contributed by atoms with E-state index in [4.69, 9.17) is 4.52 Å². The highest BCUT2D eigenvalue weighted by Gasteiger charge is 2.19. The third-order valence-corrected chi connectivity index (χ3v) is 3.32. The Morgan fingerprint density at radius 1 is 1.39 bits per heavy atom. The number of piperidine rings is 1. The summed E-state index contributed by atoms with van der Waals surface area (Å²) >= 11 is 0.